The number of carbonyl (C=O) groups excluding carboxylic acids is 1. The summed E-state index contributed by atoms with van der Waals surface area (Å²) in [6, 6.07) is 4.78. The fourth-order valence-electron chi connectivity index (χ4n) is 2.49. The van der Waals surface area contributed by atoms with Crippen LogP contribution < -0.4 is 5.32 Å². The second-order valence-electron chi connectivity index (χ2n) is 5.68. The molecule has 1 heterocycles. The Hall–Kier alpha value is -2.30. The lowest BCUT2D eigenvalue weighted by atomic mass is 9.99. The van der Waals surface area contributed by atoms with Gasteiger partial charge in [0.15, 0.2) is 5.76 Å². The number of para-hydroxylation sites is 1. The molecule has 2 rings (SSSR count). The van der Waals surface area contributed by atoms with E-state index in [1.165, 1.54) is 0 Å². The number of hydrogen-bond donors (Lipinski definition) is 2. The molecule has 5 heteroatoms. The largest absolute Gasteiger partial charge is 0.480 e. The Morgan fingerprint density at radius 2 is 2.00 bits per heavy atom. The third kappa shape index (κ3) is 2.84. The van der Waals surface area contributed by atoms with Crippen LogP contribution in [0.1, 0.15) is 41.9 Å². The van der Waals surface area contributed by atoms with Crippen LogP contribution in [0.4, 0.5) is 0 Å². The van der Waals surface area contributed by atoms with Gasteiger partial charge in [-0.3, -0.25) is 4.79 Å². The van der Waals surface area contributed by atoms with Gasteiger partial charge in [0.1, 0.15) is 11.6 Å². The van der Waals surface area contributed by atoms with Crippen molar-refractivity contribution >= 4 is 22.8 Å². The standard InChI is InChI=1S/C17H21NO4/c1-5-9(2)13(17(20)21)18-16(19)15-11(4)12-8-6-7-10(3)14(12)22-15/h6-9,13H,5H2,1-4H3,(H,18,19)(H,20,21). The topological polar surface area (TPSA) is 79.5 Å². The van der Waals surface area contributed by atoms with Crippen LogP contribution in [-0.4, -0.2) is 23.0 Å². The van der Waals surface area contributed by atoms with Gasteiger partial charge in [0.25, 0.3) is 5.91 Å². The van der Waals surface area contributed by atoms with Crippen LogP contribution in [-0.2, 0) is 4.79 Å². The Morgan fingerprint density at radius 3 is 2.55 bits per heavy atom. The molecule has 0 aliphatic rings. The summed E-state index contributed by atoms with van der Waals surface area (Å²) in [5.41, 5.74) is 2.33. The quantitative estimate of drug-likeness (QED) is 0.888. The van der Waals surface area contributed by atoms with Crippen LogP contribution in [0.3, 0.4) is 0 Å². The predicted octanol–water partition coefficient (Wildman–Crippen LogP) is 3.28. The summed E-state index contributed by atoms with van der Waals surface area (Å²) in [4.78, 5) is 23.7. The number of carboxylic acids is 1. The summed E-state index contributed by atoms with van der Waals surface area (Å²) >= 11 is 0. The molecule has 0 fully saturated rings. The number of aryl methyl sites for hydroxylation is 2. The number of rotatable bonds is 5. The number of amides is 1. The Bertz CT molecular complexity index is 717. The van der Waals surface area contributed by atoms with E-state index in [4.69, 9.17) is 4.42 Å². The molecule has 0 aliphatic heterocycles. The summed E-state index contributed by atoms with van der Waals surface area (Å²) in [6.45, 7) is 7.41. The lowest BCUT2D eigenvalue weighted by Gasteiger charge is -2.19. The van der Waals surface area contributed by atoms with Gasteiger partial charge in [0.2, 0.25) is 0 Å². The van der Waals surface area contributed by atoms with E-state index >= 15 is 0 Å². The normalized spacial score (nSPS) is 13.8. The molecule has 2 unspecified atom stereocenters. The maximum Gasteiger partial charge on any atom is 0.326 e. The second kappa shape index (κ2) is 6.22. The molecule has 0 aliphatic carbocycles. The number of furan rings is 1. The maximum atomic E-state index is 12.4. The summed E-state index contributed by atoms with van der Waals surface area (Å²) in [7, 11) is 0. The zero-order valence-electron chi connectivity index (χ0n) is 13.3. The molecule has 1 aromatic carbocycles. The highest BCUT2D eigenvalue weighted by Gasteiger charge is 2.28. The molecular weight excluding hydrogens is 282 g/mol. The van der Waals surface area contributed by atoms with Gasteiger partial charge in [-0.05, 0) is 25.3 Å². The highest BCUT2D eigenvalue weighted by molar-refractivity contribution is 6.00. The third-order valence-electron chi connectivity index (χ3n) is 4.13. The van der Waals surface area contributed by atoms with E-state index in [-0.39, 0.29) is 11.7 Å². The van der Waals surface area contributed by atoms with Gasteiger partial charge >= 0.3 is 5.97 Å². The minimum absolute atomic E-state index is 0.159. The molecule has 0 radical (unpaired) electrons. The van der Waals surface area contributed by atoms with E-state index in [9.17, 15) is 14.7 Å². The van der Waals surface area contributed by atoms with Crippen molar-refractivity contribution in [3.8, 4) is 0 Å². The second-order valence-corrected chi connectivity index (χ2v) is 5.68. The molecule has 118 valence electrons. The first-order valence-electron chi connectivity index (χ1n) is 7.39. The first kappa shape index (κ1) is 16.1. The molecule has 5 nitrogen and oxygen atoms in total. The number of carboxylic acid groups (broad SMARTS) is 1. The van der Waals surface area contributed by atoms with Gasteiger partial charge in [0.05, 0.1) is 0 Å². The monoisotopic (exact) mass is 303 g/mol. The highest BCUT2D eigenvalue weighted by Crippen LogP contribution is 2.27. The van der Waals surface area contributed by atoms with Crippen LogP contribution in [0, 0.1) is 19.8 Å². The van der Waals surface area contributed by atoms with Crippen molar-refractivity contribution in [1.82, 2.24) is 5.32 Å². The SMILES string of the molecule is CCC(C)C(NC(=O)c1oc2c(C)cccc2c1C)C(=O)O. The third-order valence-corrected chi connectivity index (χ3v) is 4.13. The summed E-state index contributed by atoms with van der Waals surface area (Å²) < 4.78 is 5.68. The molecule has 2 N–H and O–H groups in total. The van der Waals surface area contributed by atoms with Crippen molar-refractivity contribution < 1.29 is 19.1 Å². The predicted molar refractivity (Wildman–Crippen MR) is 84.0 cm³/mol. The lowest BCUT2D eigenvalue weighted by molar-refractivity contribution is -0.140. The average Bonchev–Trinajstić information content (AvgIpc) is 2.82. The minimum Gasteiger partial charge on any atom is -0.480 e. The van der Waals surface area contributed by atoms with Gasteiger partial charge < -0.3 is 14.8 Å². The molecule has 1 aromatic heterocycles. The minimum atomic E-state index is -1.03. The molecular formula is C17H21NO4. The van der Waals surface area contributed by atoms with E-state index in [0.717, 1.165) is 16.5 Å². The maximum absolute atomic E-state index is 12.4. The van der Waals surface area contributed by atoms with E-state index in [1.54, 1.807) is 13.8 Å². The number of nitrogens with one attached hydrogen (secondary N) is 1. The van der Waals surface area contributed by atoms with Gasteiger partial charge in [-0.15, -0.1) is 0 Å². The van der Waals surface area contributed by atoms with Crippen LogP contribution in [0.5, 0.6) is 0 Å². The smallest absolute Gasteiger partial charge is 0.326 e. The Labute approximate surface area is 129 Å². The molecule has 1 amide bonds. The Morgan fingerprint density at radius 1 is 1.32 bits per heavy atom. The van der Waals surface area contributed by atoms with Crippen LogP contribution in [0.15, 0.2) is 22.6 Å². The fraction of sp³-hybridized carbons (Fsp3) is 0.412. The molecule has 0 saturated heterocycles. The van der Waals surface area contributed by atoms with Gasteiger partial charge in [-0.1, -0.05) is 38.5 Å². The van der Waals surface area contributed by atoms with Crippen molar-refractivity contribution in [3.63, 3.8) is 0 Å². The van der Waals surface area contributed by atoms with Crippen LogP contribution in [0.25, 0.3) is 11.0 Å². The van der Waals surface area contributed by atoms with Crippen molar-refractivity contribution in [3.05, 3.63) is 35.1 Å². The molecule has 0 saturated carbocycles. The van der Waals surface area contributed by atoms with Crippen molar-refractivity contribution in [2.45, 2.75) is 40.2 Å². The van der Waals surface area contributed by atoms with Gasteiger partial charge in [0, 0.05) is 10.9 Å². The summed E-state index contributed by atoms with van der Waals surface area (Å²) in [5, 5.41) is 12.7. The first-order chi connectivity index (χ1) is 10.4. The first-order valence-corrected chi connectivity index (χ1v) is 7.39. The average molecular weight is 303 g/mol. The summed E-state index contributed by atoms with van der Waals surface area (Å²) in [6.07, 6.45) is 0.662. The highest BCUT2D eigenvalue weighted by atomic mass is 16.4. The fourth-order valence-corrected chi connectivity index (χ4v) is 2.49. The van der Waals surface area contributed by atoms with E-state index < -0.39 is 17.9 Å². The van der Waals surface area contributed by atoms with E-state index in [0.29, 0.717) is 12.0 Å². The van der Waals surface area contributed by atoms with Crippen molar-refractivity contribution in [1.29, 1.82) is 0 Å². The van der Waals surface area contributed by atoms with E-state index in [1.807, 2.05) is 32.0 Å². The number of fused-ring (bicyclic) bond motifs is 1. The van der Waals surface area contributed by atoms with Crippen LogP contribution >= 0.6 is 0 Å². The number of benzene rings is 1. The zero-order chi connectivity index (χ0) is 16.4. The molecule has 2 aromatic rings. The van der Waals surface area contributed by atoms with Crippen molar-refractivity contribution in [2.24, 2.45) is 5.92 Å². The van der Waals surface area contributed by atoms with Crippen molar-refractivity contribution in [2.75, 3.05) is 0 Å². The molecule has 22 heavy (non-hydrogen) atoms. The molecule has 2 atom stereocenters. The van der Waals surface area contributed by atoms with Gasteiger partial charge in [-0.25, -0.2) is 4.79 Å². The Kier molecular flexibility index (Phi) is 4.54. The van der Waals surface area contributed by atoms with E-state index in [2.05, 4.69) is 5.32 Å². The Balaban J connectivity index is 2.35. The zero-order valence-corrected chi connectivity index (χ0v) is 13.3. The number of aliphatic carboxylic acids is 1. The summed E-state index contributed by atoms with van der Waals surface area (Å²) in [5.74, 6) is -1.50. The van der Waals surface area contributed by atoms with Crippen LogP contribution in [0.2, 0.25) is 0 Å². The molecule has 0 bridgehead atoms. The van der Waals surface area contributed by atoms with Gasteiger partial charge in [-0.2, -0.15) is 0 Å². The number of carbonyl (C=O) groups is 2. The lowest BCUT2D eigenvalue weighted by Crippen LogP contribution is -2.45. The number of hydrogen-bond acceptors (Lipinski definition) is 3. The molecule has 0 spiro atoms.